The van der Waals surface area contributed by atoms with Gasteiger partial charge in [0.2, 0.25) is 0 Å². The van der Waals surface area contributed by atoms with Gasteiger partial charge in [-0.15, -0.1) is 0 Å². The first-order valence-electron chi connectivity index (χ1n) is 10.0. The van der Waals surface area contributed by atoms with E-state index in [1.54, 1.807) is 4.90 Å². The van der Waals surface area contributed by atoms with E-state index < -0.39 is 0 Å². The number of phenols is 1. The number of hydrogen-bond acceptors (Lipinski definition) is 5. The van der Waals surface area contributed by atoms with Crippen LogP contribution in [-0.2, 0) is 24.2 Å². The fourth-order valence-electron chi connectivity index (χ4n) is 4.52. The van der Waals surface area contributed by atoms with Crippen molar-refractivity contribution in [1.82, 2.24) is 4.90 Å². The molecular formula is C23H22N2O2S2. The number of amides is 1. The van der Waals surface area contributed by atoms with Crippen LogP contribution in [0.5, 0.6) is 5.75 Å². The number of phenolic OH excluding ortho intramolecular Hbond substituents is 1. The third-order valence-corrected chi connectivity index (χ3v) is 7.25. The van der Waals surface area contributed by atoms with Crippen LogP contribution >= 0.6 is 24.0 Å². The Kier molecular flexibility index (Phi) is 4.84. The first-order valence-corrected chi connectivity index (χ1v) is 11.3. The Morgan fingerprint density at radius 3 is 2.69 bits per heavy atom. The summed E-state index contributed by atoms with van der Waals surface area (Å²) in [6.07, 6.45) is 5.93. The summed E-state index contributed by atoms with van der Waals surface area (Å²) < 4.78 is 0.565. The van der Waals surface area contributed by atoms with Gasteiger partial charge in [0.25, 0.3) is 5.91 Å². The van der Waals surface area contributed by atoms with Crippen LogP contribution in [0.25, 0.3) is 6.08 Å². The highest BCUT2D eigenvalue weighted by Crippen LogP contribution is 2.43. The molecule has 1 N–H and O–H groups in total. The zero-order chi connectivity index (χ0) is 20.0. The Labute approximate surface area is 180 Å². The molecule has 148 valence electrons. The second-order valence-corrected chi connectivity index (χ2v) is 9.42. The van der Waals surface area contributed by atoms with Crippen LogP contribution in [0, 0.1) is 0 Å². The monoisotopic (exact) mass is 422 g/mol. The van der Waals surface area contributed by atoms with Gasteiger partial charge in [0.1, 0.15) is 10.1 Å². The van der Waals surface area contributed by atoms with E-state index in [1.807, 2.05) is 36.4 Å². The Balaban J connectivity index is 1.48. The van der Waals surface area contributed by atoms with Gasteiger partial charge >= 0.3 is 0 Å². The van der Waals surface area contributed by atoms with Crippen molar-refractivity contribution in [1.29, 1.82) is 0 Å². The maximum Gasteiger partial charge on any atom is 0.266 e. The maximum absolute atomic E-state index is 13.0. The Bertz CT molecular complexity index is 1030. The topological polar surface area (TPSA) is 43.8 Å². The number of carbonyl (C=O) groups is 1. The van der Waals surface area contributed by atoms with Crippen molar-refractivity contribution in [3.05, 3.63) is 63.6 Å². The molecule has 0 aliphatic carbocycles. The Morgan fingerprint density at radius 1 is 1.14 bits per heavy atom. The molecule has 1 amide bonds. The van der Waals surface area contributed by atoms with E-state index in [1.165, 1.54) is 23.0 Å². The van der Waals surface area contributed by atoms with Gasteiger partial charge < -0.3 is 10.0 Å². The molecule has 1 saturated heterocycles. The summed E-state index contributed by atoms with van der Waals surface area (Å²) in [5.41, 5.74) is 5.34. The summed E-state index contributed by atoms with van der Waals surface area (Å²) in [6.45, 7) is 2.60. The normalized spacial score (nSPS) is 19.8. The van der Waals surface area contributed by atoms with Crippen molar-refractivity contribution in [2.75, 3.05) is 18.0 Å². The molecular weight excluding hydrogens is 400 g/mol. The molecule has 0 bridgehead atoms. The molecule has 1 fully saturated rings. The number of rotatable bonds is 3. The van der Waals surface area contributed by atoms with E-state index in [0.29, 0.717) is 21.5 Å². The predicted molar refractivity (Wildman–Crippen MR) is 122 cm³/mol. The molecule has 0 unspecified atom stereocenters. The largest absolute Gasteiger partial charge is 0.507 e. The van der Waals surface area contributed by atoms with Crippen molar-refractivity contribution in [3.63, 3.8) is 0 Å². The van der Waals surface area contributed by atoms with E-state index >= 15 is 0 Å². The molecule has 3 heterocycles. The van der Waals surface area contributed by atoms with Crippen LogP contribution in [0.1, 0.15) is 35.1 Å². The number of aryl methyl sites for hydroxylation is 1. The zero-order valence-corrected chi connectivity index (χ0v) is 17.7. The number of thiocarbonyl (C=S) groups is 1. The van der Waals surface area contributed by atoms with Crippen LogP contribution in [-0.4, -0.2) is 33.3 Å². The highest BCUT2D eigenvalue weighted by atomic mass is 32.2. The van der Waals surface area contributed by atoms with Crippen LogP contribution in [0.4, 0.5) is 5.69 Å². The van der Waals surface area contributed by atoms with E-state index in [0.717, 1.165) is 55.5 Å². The van der Waals surface area contributed by atoms with Gasteiger partial charge in [-0.1, -0.05) is 54.3 Å². The molecule has 5 rings (SSSR count). The predicted octanol–water partition coefficient (Wildman–Crippen LogP) is 4.49. The molecule has 4 nitrogen and oxygen atoms in total. The second-order valence-electron chi connectivity index (χ2n) is 7.75. The summed E-state index contributed by atoms with van der Waals surface area (Å²) in [4.78, 5) is 17.6. The molecule has 3 aliphatic heterocycles. The molecule has 0 aromatic heterocycles. The lowest BCUT2D eigenvalue weighted by Crippen LogP contribution is -2.34. The lowest BCUT2D eigenvalue weighted by molar-refractivity contribution is -0.122. The average Bonchev–Trinajstić information content (AvgIpc) is 3.00. The molecule has 6 heteroatoms. The molecule has 0 radical (unpaired) electrons. The van der Waals surface area contributed by atoms with Gasteiger partial charge in [-0.2, -0.15) is 0 Å². The fourth-order valence-corrected chi connectivity index (χ4v) is 5.77. The smallest absolute Gasteiger partial charge is 0.266 e. The summed E-state index contributed by atoms with van der Waals surface area (Å²) in [6, 6.07) is 11.9. The molecule has 0 spiro atoms. The van der Waals surface area contributed by atoms with E-state index in [-0.39, 0.29) is 5.91 Å². The molecule has 2 aromatic rings. The lowest BCUT2D eigenvalue weighted by atomic mass is 9.89. The summed E-state index contributed by atoms with van der Waals surface area (Å²) in [5.74, 6) is 0.236. The van der Waals surface area contributed by atoms with Gasteiger partial charge in [-0.25, -0.2) is 0 Å². The van der Waals surface area contributed by atoms with Crippen molar-refractivity contribution < 1.29 is 9.90 Å². The number of thioether (sulfide) groups is 1. The third kappa shape index (κ3) is 3.34. The standard InChI is InChI=1S/C23H22N2O2S2/c26-21-17(12-16-8-4-10-24-11-5-9-18(21)20(16)24)13-19-22(27)25(23(28)29-19)14-15-6-2-1-3-7-15/h1-3,6-7,12-13,26H,4-5,8-11,14H2/b19-13-. The Hall–Kier alpha value is -2.31. The molecule has 2 aromatic carbocycles. The van der Waals surface area contributed by atoms with Crippen LogP contribution < -0.4 is 4.90 Å². The number of anilines is 1. The first kappa shape index (κ1) is 18.7. The molecule has 0 atom stereocenters. The van der Waals surface area contributed by atoms with Crippen LogP contribution in [0.2, 0.25) is 0 Å². The van der Waals surface area contributed by atoms with Crippen LogP contribution in [0.15, 0.2) is 41.3 Å². The minimum Gasteiger partial charge on any atom is -0.507 e. The molecule has 3 aliphatic rings. The van der Waals surface area contributed by atoms with E-state index in [2.05, 4.69) is 11.0 Å². The summed E-state index contributed by atoms with van der Waals surface area (Å²) in [7, 11) is 0. The van der Waals surface area contributed by atoms with Gasteiger partial charge in [0.05, 0.1) is 11.4 Å². The van der Waals surface area contributed by atoms with Gasteiger partial charge in [0, 0.05) is 29.9 Å². The lowest BCUT2D eigenvalue weighted by Gasteiger charge is -2.37. The van der Waals surface area contributed by atoms with Gasteiger partial charge in [-0.3, -0.25) is 9.69 Å². The third-order valence-electron chi connectivity index (χ3n) is 5.87. The Morgan fingerprint density at radius 2 is 1.90 bits per heavy atom. The zero-order valence-electron chi connectivity index (χ0n) is 16.1. The molecule has 29 heavy (non-hydrogen) atoms. The summed E-state index contributed by atoms with van der Waals surface area (Å²) >= 11 is 6.79. The number of hydrogen-bond donors (Lipinski definition) is 1. The van der Waals surface area contributed by atoms with E-state index in [4.69, 9.17) is 12.2 Å². The van der Waals surface area contributed by atoms with Gasteiger partial charge in [-0.05, 0) is 49.0 Å². The second kappa shape index (κ2) is 7.50. The number of carbonyl (C=O) groups excluding carboxylic acids is 1. The van der Waals surface area contributed by atoms with Crippen LogP contribution in [0.3, 0.4) is 0 Å². The fraction of sp³-hybridized carbons (Fsp3) is 0.304. The average molecular weight is 423 g/mol. The minimum absolute atomic E-state index is 0.0868. The van der Waals surface area contributed by atoms with Crippen molar-refractivity contribution in [2.24, 2.45) is 0 Å². The van der Waals surface area contributed by atoms with E-state index in [9.17, 15) is 9.90 Å². The van der Waals surface area contributed by atoms with Gasteiger partial charge in [0.15, 0.2) is 0 Å². The SMILES string of the molecule is O=C1/C(=C/c2cc3c4c(c2O)CCCN4CCC3)SC(=S)N1Cc1ccccc1. The van der Waals surface area contributed by atoms with Crippen molar-refractivity contribution >= 4 is 46.0 Å². The maximum atomic E-state index is 13.0. The quantitative estimate of drug-likeness (QED) is 0.583. The van der Waals surface area contributed by atoms with Crippen molar-refractivity contribution in [2.45, 2.75) is 32.2 Å². The number of benzene rings is 2. The highest BCUT2D eigenvalue weighted by Gasteiger charge is 2.33. The highest BCUT2D eigenvalue weighted by molar-refractivity contribution is 8.26. The minimum atomic E-state index is -0.0868. The first-order chi connectivity index (χ1) is 14.1. The van der Waals surface area contributed by atoms with Crippen molar-refractivity contribution in [3.8, 4) is 5.75 Å². The number of aromatic hydroxyl groups is 1. The summed E-state index contributed by atoms with van der Waals surface area (Å²) in [5, 5.41) is 11.0. The number of nitrogens with zero attached hydrogens (tertiary/aromatic N) is 2. The molecule has 0 saturated carbocycles.